The summed E-state index contributed by atoms with van der Waals surface area (Å²) in [6.45, 7) is 5.06. The molecule has 3 aromatic rings. The molecule has 0 unspecified atom stereocenters. The van der Waals surface area contributed by atoms with Crippen LogP contribution in [0, 0.1) is 6.92 Å². The third-order valence-electron chi connectivity index (χ3n) is 5.78. The van der Waals surface area contributed by atoms with Gasteiger partial charge in [-0.05, 0) is 44.9 Å². The van der Waals surface area contributed by atoms with E-state index in [2.05, 4.69) is 56.4 Å². The monoisotopic (exact) mass is 408 g/mol. The summed E-state index contributed by atoms with van der Waals surface area (Å²) in [5.41, 5.74) is 14.8. The standard InChI is InChI=1S/C21H28N8O/c1-3-29-12(2)11-13-15(9-6-10-17(13)29)24-20-18(19(23)30)27-28-21(26-20)25-16-8-5-4-7-14(16)22/h6,9-11,14,16H,3-5,7-8,22H2,1-2H3,(H2,23,30)(H2,24,25,26,28)/t14-,16+/m0/s1. The van der Waals surface area contributed by atoms with Crippen LogP contribution in [-0.4, -0.2) is 37.7 Å². The number of carbonyl (C=O) groups is 1. The Hall–Kier alpha value is -3.20. The Morgan fingerprint density at radius 2 is 2.07 bits per heavy atom. The Balaban J connectivity index is 1.69. The first-order chi connectivity index (χ1) is 14.5. The Morgan fingerprint density at radius 3 is 2.80 bits per heavy atom. The fourth-order valence-electron chi connectivity index (χ4n) is 4.22. The van der Waals surface area contributed by atoms with E-state index in [9.17, 15) is 4.79 Å². The summed E-state index contributed by atoms with van der Waals surface area (Å²) in [5, 5.41) is 15.6. The van der Waals surface area contributed by atoms with E-state index in [1.165, 1.54) is 0 Å². The van der Waals surface area contributed by atoms with Crippen molar-refractivity contribution in [3.63, 3.8) is 0 Å². The average Bonchev–Trinajstić information content (AvgIpc) is 3.06. The molecule has 0 bridgehead atoms. The van der Waals surface area contributed by atoms with E-state index in [0.717, 1.165) is 54.5 Å². The van der Waals surface area contributed by atoms with Gasteiger partial charge in [0.1, 0.15) is 0 Å². The molecule has 9 heteroatoms. The molecule has 0 saturated heterocycles. The second-order valence-electron chi connectivity index (χ2n) is 7.79. The first-order valence-corrected chi connectivity index (χ1v) is 10.4. The number of rotatable bonds is 6. The predicted octanol–water partition coefficient (Wildman–Crippen LogP) is 2.68. The number of nitrogens with zero attached hydrogens (tertiary/aromatic N) is 4. The van der Waals surface area contributed by atoms with Crippen molar-refractivity contribution in [1.82, 2.24) is 19.7 Å². The van der Waals surface area contributed by atoms with Crippen molar-refractivity contribution in [2.45, 2.75) is 58.2 Å². The van der Waals surface area contributed by atoms with E-state index in [-0.39, 0.29) is 23.6 Å². The number of hydrogen-bond acceptors (Lipinski definition) is 7. The first-order valence-electron chi connectivity index (χ1n) is 10.4. The molecular formula is C21H28N8O. The lowest BCUT2D eigenvalue weighted by atomic mass is 9.91. The molecule has 2 aromatic heterocycles. The smallest absolute Gasteiger partial charge is 0.273 e. The number of anilines is 3. The summed E-state index contributed by atoms with van der Waals surface area (Å²) in [6, 6.07) is 8.22. The number of nitrogens with two attached hydrogens (primary N) is 2. The number of primary amides is 1. The highest BCUT2D eigenvalue weighted by Crippen LogP contribution is 2.30. The number of hydrogen-bond donors (Lipinski definition) is 4. The Bertz CT molecular complexity index is 1080. The van der Waals surface area contributed by atoms with Gasteiger partial charge >= 0.3 is 0 Å². The number of nitrogens with one attached hydrogen (secondary N) is 2. The molecule has 1 saturated carbocycles. The lowest BCUT2D eigenvalue weighted by Crippen LogP contribution is -2.43. The van der Waals surface area contributed by atoms with Gasteiger partial charge in [0.25, 0.3) is 5.91 Å². The fraction of sp³-hybridized carbons (Fsp3) is 0.429. The van der Waals surface area contributed by atoms with Gasteiger partial charge in [-0.25, -0.2) is 0 Å². The van der Waals surface area contributed by atoms with E-state index in [0.29, 0.717) is 5.95 Å². The normalized spacial score (nSPS) is 19.0. The maximum atomic E-state index is 11.9. The van der Waals surface area contributed by atoms with Crippen LogP contribution in [0.25, 0.3) is 10.9 Å². The summed E-state index contributed by atoms with van der Waals surface area (Å²) in [4.78, 5) is 16.4. The summed E-state index contributed by atoms with van der Waals surface area (Å²) >= 11 is 0. The minimum atomic E-state index is -0.687. The molecule has 4 rings (SSSR count). The van der Waals surface area contributed by atoms with Gasteiger partial charge in [-0.2, -0.15) is 4.98 Å². The van der Waals surface area contributed by atoms with Crippen LogP contribution in [0.4, 0.5) is 17.5 Å². The molecule has 6 N–H and O–H groups in total. The van der Waals surface area contributed by atoms with E-state index in [1.807, 2.05) is 12.1 Å². The zero-order chi connectivity index (χ0) is 21.3. The first kappa shape index (κ1) is 20.1. The fourth-order valence-corrected chi connectivity index (χ4v) is 4.22. The Labute approximate surface area is 175 Å². The van der Waals surface area contributed by atoms with Gasteiger partial charge in [0.05, 0.1) is 5.52 Å². The van der Waals surface area contributed by atoms with Gasteiger partial charge in [0.2, 0.25) is 5.95 Å². The summed E-state index contributed by atoms with van der Waals surface area (Å²) in [5.74, 6) is -0.0778. The van der Waals surface area contributed by atoms with Crippen LogP contribution < -0.4 is 22.1 Å². The molecule has 1 aromatic carbocycles. The number of fused-ring (bicyclic) bond motifs is 1. The van der Waals surface area contributed by atoms with Gasteiger partial charge < -0.3 is 26.7 Å². The zero-order valence-electron chi connectivity index (χ0n) is 17.4. The maximum absolute atomic E-state index is 11.9. The van der Waals surface area contributed by atoms with Crippen LogP contribution in [0.5, 0.6) is 0 Å². The Morgan fingerprint density at radius 1 is 1.27 bits per heavy atom. The van der Waals surface area contributed by atoms with Crippen LogP contribution in [0.1, 0.15) is 48.8 Å². The molecule has 0 aliphatic heterocycles. The molecule has 30 heavy (non-hydrogen) atoms. The highest BCUT2D eigenvalue weighted by atomic mass is 16.1. The van der Waals surface area contributed by atoms with Gasteiger partial charge in [-0.1, -0.05) is 18.9 Å². The second kappa shape index (κ2) is 8.27. The molecule has 1 fully saturated rings. The number of aryl methyl sites for hydroxylation is 2. The minimum Gasteiger partial charge on any atom is -0.364 e. The van der Waals surface area contributed by atoms with Crippen molar-refractivity contribution in [2.24, 2.45) is 11.5 Å². The molecule has 2 atom stereocenters. The van der Waals surface area contributed by atoms with E-state index in [1.54, 1.807) is 0 Å². The predicted molar refractivity (Wildman–Crippen MR) is 118 cm³/mol. The molecule has 0 spiro atoms. The third kappa shape index (κ3) is 3.80. The van der Waals surface area contributed by atoms with Crippen LogP contribution in [-0.2, 0) is 6.54 Å². The molecule has 1 amide bonds. The maximum Gasteiger partial charge on any atom is 0.273 e. The number of carbonyl (C=O) groups excluding carboxylic acids is 1. The topological polar surface area (TPSA) is 137 Å². The van der Waals surface area contributed by atoms with E-state index < -0.39 is 5.91 Å². The minimum absolute atomic E-state index is 0.00265. The quantitative estimate of drug-likeness (QED) is 0.492. The molecular weight excluding hydrogens is 380 g/mol. The van der Waals surface area contributed by atoms with Crippen molar-refractivity contribution in [2.75, 3.05) is 10.6 Å². The van der Waals surface area contributed by atoms with Crippen molar-refractivity contribution >= 4 is 34.3 Å². The van der Waals surface area contributed by atoms with Gasteiger partial charge in [-0.3, -0.25) is 4.79 Å². The zero-order valence-corrected chi connectivity index (χ0v) is 17.4. The van der Waals surface area contributed by atoms with Crippen molar-refractivity contribution in [3.8, 4) is 0 Å². The van der Waals surface area contributed by atoms with Crippen LogP contribution in [0.3, 0.4) is 0 Å². The summed E-state index contributed by atoms with van der Waals surface area (Å²) < 4.78 is 2.23. The van der Waals surface area contributed by atoms with Crippen molar-refractivity contribution < 1.29 is 4.79 Å². The molecule has 1 aliphatic carbocycles. The molecule has 0 radical (unpaired) electrons. The van der Waals surface area contributed by atoms with Gasteiger partial charge in [0, 0.05) is 35.4 Å². The number of aromatic nitrogens is 4. The molecule has 158 valence electrons. The molecule has 2 heterocycles. The third-order valence-corrected chi connectivity index (χ3v) is 5.78. The van der Waals surface area contributed by atoms with Gasteiger partial charge in [-0.15, -0.1) is 10.2 Å². The van der Waals surface area contributed by atoms with Crippen LogP contribution in [0.15, 0.2) is 24.3 Å². The van der Waals surface area contributed by atoms with Crippen LogP contribution in [0.2, 0.25) is 0 Å². The Kier molecular flexibility index (Phi) is 5.54. The number of amides is 1. The largest absolute Gasteiger partial charge is 0.364 e. The number of benzene rings is 1. The lowest BCUT2D eigenvalue weighted by molar-refractivity contribution is 0.0995. The summed E-state index contributed by atoms with van der Waals surface area (Å²) in [7, 11) is 0. The summed E-state index contributed by atoms with van der Waals surface area (Å²) in [6.07, 6.45) is 4.16. The van der Waals surface area contributed by atoms with Crippen LogP contribution >= 0.6 is 0 Å². The molecule has 1 aliphatic rings. The van der Waals surface area contributed by atoms with E-state index >= 15 is 0 Å². The SMILES string of the molecule is CCn1c(C)cc2c(Nc3nc(N[C@@H]4CCCC[C@@H]4N)nnc3C(N)=O)cccc21. The van der Waals surface area contributed by atoms with Crippen molar-refractivity contribution in [3.05, 3.63) is 35.7 Å². The lowest BCUT2D eigenvalue weighted by Gasteiger charge is -2.29. The van der Waals surface area contributed by atoms with Gasteiger partial charge in [0.15, 0.2) is 11.5 Å². The highest BCUT2D eigenvalue weighted by Gasteiger charge is 2.23. The average molecular weight is 409 g/mol. The van der Waals surface area contributed by atoms with Crippen molar-refractivity contribution in [1.29, 1.82) is 0 Å². The second-order valence-corrected chi connectivity index (χ2v) is 7.79. The molecule has 9 nitrogen and oxygen atoms in total. The highest BCUT2D eigenvalue weighted by molar-refractivity contribution is 5.99. The van der Waals surface area contributed by atoms with E-state index in [4.69, 9.17) is 11.5 Å².